The number of unbranched alkanes of at least 4 members (excludes halogenated alkanes) is 1. The van der Waals surface area contributed by atoms with E-state index in [1.165, 1.54) is 16.4 Å². The fourth-order valence-corrected chi connectivity index (χ4v) is 4.47. The number of nitrogens with zero attached hydrogens (tertiary/aromatic N) is 1. The second-order valence-corrected chi connectivity index (χ2v) is 8.28. The Morgan fingerprint density at radius 2 is 1.88 bits per heavy atom. The molecular formula is C17H25FN2O3S. The minimum Gasteiger partial charge on any atom is -0.352 e. The van der Waals surface area contributed by atoms with Gasteiger partial charge >= 0.3 is 0 Å². The number of nitrogens with one attached hydrogen (secondary N) is 1. The number of sulfonamides is 1. The number of hydrogen-bond donors (Lipinski definition) is 1. The number of carbonyl (C=O) groups is 1. The highest BCUT2D eigenvalue weighted by molar-refractivity contribution is 7.89. The maximum atomic E-state index is 12.8. The molecule has 0 aliphatic carbocycles. The van der Waals surface area contributed by atoms with Crippen LogP contribution in [0.3, 0.4) is 0 Å². The number of amides is 1. The van der Waals surface area contributed by atoms with Crippen LogP contribution < -0.4 is 5.32 Å². The second-order valence-electron chi connectivity index (χ2n) is 6.19. The van der Waals surface area contributed by atoms with Crippen LogP contribution in [0.4, 0.5) is 4.39 Å². The molecule has 1 aromatic carbocycles. The molecule has 0 unspecified atom stereocenters. The van der Waals surface area contributed by atoms with Crippen molar-refractivity contribution in [1.82, 2.24) is 9.62 Å². The summed E-state index contributed by atoms with van der Waals surface area (Å²) in [6.07, 6.45) is 2.60. The molecule has 24 heavy (non-hydrogen) atoms. The standard InChI is InChI=1S/C17H25FN2O3S/c1-2-3-12-24(22,23)20-10-8-15(9-11-20)17(21)19-13-14-4-6-16(18)7-5-14/h4-7,15H,2-3,8-13H2,1H3,(H,19,21). The molecular weight excluding hydrogens is 331 g/mol. The van der Waals surface area contributed by atoms with Crippen LogP contribution in [0.2, 0.25) is 0 Å². The van der Waals surface area contributed by atoms with Crippen LogP contribution in [-0.2, 0) is 21.4 Å². The van der Waals surface area contributed by atoms with Crippen molar-refractivity contribution >= 4 is 15.9 Å². The maximum absolute atomic E-state index is 12.8. The Morgan fingerprint density at radius 3 is 2.46 bits per heavy atom. The molecule has 1 aliphatic heterocycles. The first-order valence-electron chi connectivity index (χ1n) is 8.42. The molecule has 1 saturated heterocycles. The van der Waals surface area contributed by atoms with Gasteiger partial charge in [-0.25, -0.2) is 17.1 Å². The summed E-state index contributed by atoms with van der Waals surface area (Å²) in [5.41, 5.74) is 0.837. The van der Waals surface area contributed by atoms with Crippen molar-refractivity contribution in [3.05, 3.63) is 35.6 Å². The van der Waals surface area contributed by atoms with E-state index in [2.05, 4.69) is 5.32 Å². The summed E-state index contributed by atoms with van der Waals surface area (Å²) in [5, 5.41) is 2.85. The van der Waals surface area contributed by atoms with E-state index in [0.29, 0.717) is 38.9 Å². The van der Waals surface area contributed by atoms with Crippen LogP contribution in [0.25, 0.3) is 0 Å². The quantitative estimate of drug-likeness (QED) is 0.815. The van der Waals surface area contributed by atoms with Crippen LogP contribution >= 0.6 is 0 Å². The number of carbonyl (C=O) groups excluding carboxylic acids is 1. The zero-order valence-electron chi connectivity index (χ0n) is 14.0. The molecule has 0 aromatic heterocycles. The number of piperidine rings is 1. The van der Waals surface area contributed by atoms with Gasteiger partial charge < -0.3 is 5.32 Å². The average Bonchev–Trinajstić information content (AvgIpc) is 2.59. The molecule has 5 nitrogen and oxygen atoms in total. The predicted molar refractivity (Wildman–Crippen MR) is 91.2 cm³/mol. The van der Waals surface area contributed by atoms with E-state index in [1.54, 1.807) is 12.1 Å². The van der Waals surface area contributed by atoms with E-state index in [0.717, 1.165) is 12.0 Å². The summed E-state index contributed by atoms with van der Waals surface area (Å²) < 4.78 is 38.7. The van der Waals surface area contributed by atoms with Gasteiger partial charge in [-0.2, -0.15) is 0 Å². The molecule has 1 N–H and O–H groups in total. The first-order chi connectivity index (χ1) is 11.4. The smallest absolute Gasteiger partial charge is 0.223 e. The van der Waals surface area contributed by atoms with Gasteiger partial charge in [0.15, 0.2) is 0 Å². The minimum atomic E-state index is -3.19. The minimum absolute atomic E-state index is 0.0649. The van der Waals surface area contributed by atoms with E-state index in [4.69, 9.17) is 0 Å². The first-order valence-corrected chi connectivity index (χ1v) is 10.0. The normalized spacial score (nSPS) is 16.9. The third kappa shape index (κ3) is 5.27. The second kappa shape index (κ2) is 8.58. The van der Waals surface area contributed by atoms with E-state index in [1.807, 2.05) is 6.92 Å². The number of rotatable bonds is 7. The van der Waals surface area contributed by atoms with Crippen molar-refractivity contribution in [3.63, 3.8) is 0 Å². The van der Waals surface area contributed by atoms with Crippen molar-refractivity contribution in [2.45, 2.75) is 39.2 Å². The Hall–Kier alpha value is -1.47. The third-order valence-corrected chi connectivity index (χ3v) is 6.31. The molecule has 1 heterocycles. The molecule has 0 bridgehead atoms. The molecule has 0 atom stereocenters. The highest BCUT2D eigenvalue weighted by Crippen LogP contribution is 2.20. The fourth-order valence-electron chi connectivity index (χ4n) is 2.79. The van der Waals surface area contributed by atoms with Crippen LogP contribution in [0.1, 0.15) is 38.2 Å². The van der Waals surface area contributed by atoms with Crippen molar-refractivity contribution < 1.29 is 17.6 Å². The van der Waals surface area contributed by atoms with Crippen molar-refractivity contribution in [2.75, 3.05) is 18.8 Å². The molecule has 1 fully saturated rings. The number of hydrogen-bond acceptors (Lipinski definition) is 3. The lowest BCUT2D eigenvalue weighted by Gasteiger charge is -2.30. The fraction of sp³-hybridized carbons (Fsp3) is 0.588. The third-order valence-electron chi connectivity index (χ3n) is 4.35. The zero-order chi connectivity index (χ0) is 17.6. The Morgan fingerprint density at radius 1 is 1.25 bits per heavy atom. The Bertz CT molecular complexity index is 638. The lowest BCUT2D eigenvalue weighted by atomic mass is 9.97. The number of halogens is 1. The molecule has 0 spiro atoms. The summed E-state index contributed by atoms with van der Waals surface area (Å²) >= 11 is 0. The predicted octanol–water partition coefficient (Wildman–Crippen LogP) is 2.28. The molecule has 0 radical (unpaired) electrons. The Kier molecular flexibility index (Phi) is 6.74. The van der Waals surface area contributed by atoms with Crippen LogP contribution in [0.15, 0.2) is 24.3 Å². The summed E-state index contributed by atoms with van der Waals surface area (Å²) in [4.78, 5) is 12.2. The molecule has 0 saturated carbocycles. The van der Waals surface area contributed by atoms with Crippen molar-refractivity contribution in [3.8, 4) is 0 Å². The monoisotopic (exact) mass is 356 g/mol. The number of benzene rings is 1. The van der Waals surface area contributed by atoms with Gasteiger partial charge in [0.1, 0.15) is 5.82 Å². The summed E-state index contributed by atoms with van der Waals surface area (Å²) in [7, 11) is -3.19. The van der Waals surface area contributed by atoms with Crippen LogP contribution in [0, 0.1) is 11.7 Å². The lowest BCUT2D eigenvalue weighted by Crippen LogP contribution is -2.43. The maximum Gasteiger partial charge on any atom is 0.223 e. The van der Waals surface area contributed by atoms with Crippen molar-refractivity contribution in [1.29, 1.82) is 0 Å². The summed E-state index contributed by atoms with van der Waals surface area (Å²) in [6.45, 7) is 3.13. The highest BCUT2D eigenvalue weighted by atomic mass is 32.2. The van der Waals surface area contributed by atoms with Gasteiger partial charge in [0.05, 0.1) is 5.75 Å². The van der Waals surface area contributed by atoms with E-state index in [9.17, 15) is 17.6 Å². The van der Waals surface area contributed by atoms with E-state index >= 15 is 0 Å². The van der Waals surface area contributed by atoms with Gasteiger partial charge in [-0.05, 0) is 37.0 Å². The van der Waals surface area contributed by atoms with Crippen LogP contribution in [0.5, 0.6) is 0 Å². The SMILES string of the molecule is CCCCS(=O)(=O)N1CCC(C(=O)NCc2ccc(F)cc2)CC1. The van der Waals surface area contributed by atoms with E-state index in [-0.39, 0.29) is 23.4 Å². The average molecular weight is 356 g/mol. The molecule has 1 amide bonds. The van der Waals surface area contributed by atoms with E-state index < -0.39 is 10.0 Å². The summed E-state index contributed by atoms with van der Waals surface area (Å²) in [5.74, 6) is -0.347. The van der Waals surface area contributed by atoms with Gasteiger partial charge in [0, 0.05) is 25.6 Å². The van der Waals surface area contributed by atoms with Gasteiger partial charge in [0.25, 0.3) is 0 Å². The molecule has 2 rings (SSSR count). The molecule has 1 aliphatic rings. The molecule has 1 aromatic rings. The Labute approximate surface area is 143 Å². The van der Waals surface area contributed by atoms with Crippen LogP contribution in [-0.4, -0.2) is 37.5 Å². The highest BCUT2D eigenvalue weighted by Gasteiger charge is 2.30. The lowest BCUT2D eigenvalue weighted by molar-refractivity contribution is -0.126. The Balaban J connectivity index is 1.79. The first kappa shape index (κ1) is 18.9. The van der Waals surface area contributed by atoms with Crippen molar-refractivity contribution in [2.24, 2.45) is 5.92 Å². The van der Waals surface area contributed by atoms with Gasteiger partial charge in [-0.3, -0.25) is 4.79 Å². The van der Waals surface area contributed by atoms with Gasteiger partial charge in [-0.1, -0.05) is 25.5 Å². The topological polar surface area (TPSA) is 66.5 Å². The van der Waals surface area contributed by atoms with Gasteiger partial charge in [-0.15, -0.1) is 0 Å². The largest absolute Gasteiger partial charge is 0.352 e. The molecule has 7 heteroatoms. The molecule has 134 valence electrons. The zero-order valence-corrected chi connectivity index (χ0v) is 14.8. The summed E-state index contributed by atoms with van der Waals surface area (Å²) in [6, 6.07) is 6.00. The van der Waals surface area contributed by atoms with Gasteiger partial charge in [0.2, 0.25) is 15.9 Å².